The summed E-state index contributed by atoms with van der Waals surface area (Å²) >= 11 is 1.70. The van der Waals surface area contributed by atoms with Gasteiger partial charge < -0.3 is 9.72 Å². The van der Waals surface area contributed by atoms with Crippen LogP contribution in [0, 0.1) is 0 Å². The number of nitrogens with zero attached hydrogens (tertiary/aromatic N) is 5. The Hall–Kier alpha value is -3.04. The highest BCUT2D eigenvalue weighted by atomic mass is 32.1. The van der Waals surface area contributed by atoms with Crippen LogP contribution in [0.1, 0.15) is 43.5 Å². The zero-order valence-electron chi connectivity index (χ0n) is 18.8. The van der Waals surface area contributed by atoms with Crippen LogP contribution in [0.25, 0.3) is 10.9 Å². The van der Waals surface area contributed by atoms with Crippen molar-refractivity contribution in [1.82, 2.24) is 30.1 Å². The van der Waals surface area contributed by atoms with Crippen LogP contribution >= 0.6 is 11.3 Å². The number of fused-ring (bicyclic) bond motifs is 1. The summed E-state index contributed by atoms with van der Waals surface area (Å²) in [5, 5.41) is 15.5. The summed E-state index contributed by atoms with van der Waals surface area (Å²) in [5.41, 5.74) is 1.17. The van der Waals surface area contributed by atoms with Crippen molar-refractivity contribution in [3.05, 3.63) is 68.4 Å². The molecule has 0 saturated heterocycles. The summed E-state index contributed by atoms with van der Waals surface area (Å²) in [6, 6.07) is 11.8. The molecular weight excluding hydrogens is 424 g/mol. The van der Waals surface area contributed by atoms with E-state index in [1.54, 1.807) is 18.4 Å². The van der Waals surface area contributed by atoms with E-state index in [9.17, 15) is 4.79 Å². The van der Waals surface area contributed by atoms with Gasteiger partial charge in [-0.25, -0.2) is 4.68 Å². The minimum absolute atomic E-state index is 0.101. The van der Waals surface area contributed by atoms with Crippen LogP contribution in [0.2, 0.25) is 0 Å². The van der Waals surface area contributed by atoms with E-state index in [0.29, 0.717) is 30.9 Å². The summed E-state index contributed by atoms with van der Waals surface area (Å²) in [6.07, 6.45) is 0.907. The Morgan fingerprint density at radius 3 is 2.75 bits per heavy atom. The molecule has 0 bridgehead atoms. The molecule has 0 saturated carbocycles. The number of ether oxygens (including phenoxy) is 1. The average molecular weight is 453 g/mol. The van der Waals surface area contributed by atoms with Crippen LogP contribution in [0.3, 0.4) is 0 Å². The molecule has 4 aromatic rings. The molecule has 0 unspecified atom stereocenters. The molecule has 168 valence electrons. The first kappa shape index (κ1) is 22.2. The minimum Gasteiger partial charge on any atom is -0.497 e. The van der Waals surface area contributed by atoms with Crippen LogP contribution in [-0.4, -0.2) is 37.2 Å². The number of nitrogens with one attached hydrogen (secondary N) is 1. The summed E-state index contributed by atoms with van der Waals surface area (Å²) < 4.78 is 7.17. The molecule has 0 fully saturated rings. The average Bonchev–Trinajstić information content (AvgIpc) is 3.46. The van der Waals surface area contributed by atoms with Gasteiger partial charge in [0.25, 0.3) is 5.56 Å². The van der Waals surface area contributed by atoms with Gasteiger partial charge in [-0.1, -0.05) is 13.0 Å². The maximum atomic E-state index is 12.9. The number of aromatic nitrogens is 5. The van der Waals surface area contributed by atoms with Gasteiger partial charge in [0.15, 0.2) is 5.82 Å². The van der Waals surface area contributed by atoms with Crippen LogP contribution in [0.15, 0.2) is 46.6 Å². The van der Waals surface area contributed by atoms with Crippen LogP contribution in [0.5, 0.6) is 5.75 Å². The quantitative estimate of drug-likeness (QED) is 0.414. The predicted molar refractivity (Wildman–Crippen MR) is 126 cm³/mol. The van der Waals surface area contributed by atoms with Crippen molar-refractivity contribution in [1.29, 1.82) is 0 Å². The van der Waals surface area contributed by atoms with Crippen molar-refractivity contribution in [3.63, 3.8) is 0 Å². The van der Waals surface area contributed by atoms with Gasteiger partial charge in [-0.15, -0.1) is 16.4 Å². The summed E-state index contributed by atoms with van der Waals surface area (Å²) in [4.78, 5) is 19.3. The largest absolute Gasteiger partial charge is 0.497 e. The number of benzene rings is 1. The van der Waals surface area contributed by atoms with E-state index in [2.05, 4.69) is 57.6 Å². The lowest BCUT2D eigenvalue weighted by Gasteiger charge is -2.26. The van der Waals surface area contributed by atoms with E-state index < -0.39 is 0 Å². The van der Waals surface area contributed by atoms with E-state index in [0.717, 1.165) is 23.1 Å². The second-order valence-corrected chi connectivity index (χ2v) is 9.51. The smallest absolute Gasteiger partial charge is 0.252 e. The number of methoxy groups -OCH3 is 1. The predicted octanol–water partition coefficient (Wildman–Crippen LogP) is 3.93. The number of pyridine rings is 1. The van der Waals surface area contributed by atoms with Gasteiger partial charge in [-0.3, -0.25) is 9.69 Å². The molecule has 0 aliphatic heterocycles. The number of rotatable bonds is 9. The molecule has 3 aromatic heterocycles. The molecule has 0 amide bonds. The fraction of sp³-hybridized carbons (Fsp3) is 0.391. The molecule has 0 radical (unpaired) electrons. The summed E-state index contributed by atoms with van der Waals surface area (Å²) in [5.74, 6) is 1.50. The first-order valence-electron chi connectivity index (χ1n) is 10.6. The Morgan fingerprint density at radius 2 is 2.03 bits per heavy atom. The number of H-pyrrole nitrogens is 1. The van der Waals surface area contributed by atoms with E-state index in [1.165, 1.54) is 4.88 Å². The topological polar surface area (TPSA) is 88.9 Å². The van der Waals surface area contributed by atoms with Gasteiger partial charge in [0.1, 0.15) is 5.75 Å². The molecule has 1 aromatic carbocycles. The zero-order valence-corrected chi connectivity index (χ0v) is 19.6. The second-order valence-electron chi connectivity index (χ2n) is 8.47. The molecule has 4 rings (SSSR count). The molecule has 0 atom stereocenters. The van der Waals surface area contributed by atoms with E-state index >= 15 is 0 Å². The molecule has 1 N–H and O–H groups in total. The molecule has 9 heteroatoms. The van der Waals surface area contributed by atoms with Crippen molar-refractivity contribution in [2.24, 2.45) is 0 Å². The fourth-order valence-corrected chi connectivity index (χ4v) is 4.37. The molecular formula is C23H28N6O2S. The fourth-order valence-electron chi connectivity index (χ4n) is 3.63. The Balaban J connectivity index is 1.65. The molecule has 8 nitrogen and oxygen atoms in total. The van der Waals surface area contributed by atoms with Crippen molar-refractivity contribution < 1.29 is 4.74 Å². The zero-order chi connectivity index (χ0) is 22.7. The summed E-state index contributed by atoms with van der Waals surface area (Å²) in [7, 11) is 1.61. The Bertz CT molecular complexity index is 1250. The van der Waals surface area contributed by atoms with Crippen molar-refractivity contribution in [2.75, 3.05) is 7.11 Å². The van der Waals surface area contributed by atoms with Crippen LogP contribution < -0.4 is 10.3 Å². The number of hydrogen-bond acceptors (Lipinski definition) is 7. The maximum absolute atomic E-state index is 12.9. The normalized spacial score (nSPS) is 12.0. The molecule has 0 aliphatic rings. The molecule has 32 heavy (non-hydrogen) atoms. The van der Waals surface area contributed by atoms with Crippen molar-refractivity contribution >= 4 is 22.2 Å². The lowest BCUT2D eigenvalue weighted by Crippen LogP contribution is -2.32. The van der Waals surface area contributed by atoms with Gasteiger partial charge in [0.05, 0.1) is 24.7 Å². The Labute approximate surface area is 190 Å². The lowest BCUT2D eigenvalue weighted by molar-refractivity contribution is 0.218. The van der Waals surface area contributed by atoms with Gasteiger partial charge in [-0.2, -0.15) is 0 Å². The van der Waals surface area contributed by atoms with E-state index in [1.807, 2.05) is 35.0 Å². The molecule has 0 aliphatic carbocycles. The van der Waals surface area contributed by atoms with Crippen LogP contribution in [-0.2, 0) is 25.2 Å². The highest BCUT2D eigenvalue weighted by Gasteiger charge is 2.25. The third-order valence-electron chi connectivity index (χ3n) is 5.82. The number of aromatic amines is 1. The van der Waals surface area contributed by atoms with Crippen molar-refractivity contribution in [2.45, 2.75) is 52.4 Å². The third-order valence-corrected chi connectivity index (χ3v) is 6.68. The second kappa shape index (κ2) is 9.22. The minimum atomic E-state index is -0.188. The SMILES string of the molecule is CCC(C)(C)n1nnnc1CN(Cc1cccs1)Cc1cc2ccc(OC)cc2[nH]c1=O. The maximum Gasteiger partial charge on any atom is 0.252 e. The Kier molecular flexibility index (Phi) is 6.38. The first-order chi connectivity index (χ1) is 15.4. The van der Waals surface area contributed by atoms with Gasteiger partial charge in [-0.05, 0) is 65.7 Å². The number of thiophene rings is 1. The number of hydrogen-bond donors (Lipinski definition) is 1. The highest BCUT2D eigenvalue weighted by Crippen LogP contribution is 2.23. The van der Waals surface area contributed by atoms with E-state index in [4.69, 9.17) is 4.74 Å². The van der Waals surface area contributed by atoms with Gasteiger partial charge >= 0.3 is 0 Å². The van der Waals surface area contributed by atoms with Crippen LogP contribution in [0.4, 0.5) is 0 Å². The monoisotopic (exact) mass is 452 g/mol. The van der Waals surface area contributed by atoms with Crippen molar-refractivity contribution in [3.8, 4) is 5.75 Å². The molecule has 0 spiro atoms. The third kappa shape index (κ3) is 4.73. The first-order valence-corrected chi connectivity index (χ1v) is 11.5. The van der Waals surface area contributed by atoms with E-state index in [-0.39, 0.29) is 11.1 Å². The highest BCUT2D eigenvalue weighted by molar-refractivity contribution is 7.09. The molecule has 3 heterocycles. The standard InChI is InChI=1S/C23H28N6O2S/c1-5-23(2,3)29-21(25-26-27-29)15-28(14-19-7-6-10-32-19)13-17-11-16-8-9-18(31-4)12-20(16)24-22(17)30/h6-12H,5,13-15H2,1-4H3,(H,24,30). The Morgan fingerprint density at radius 1 is 1.19 bits per heavy atom. The lowest BCUT2D eigenvalue weighted by atomic mass is 10.0. The van der Waals surface area contributed by atoms with Gasteiger partial charge in [0, 0.05) is 29.6 Å². The van der Waals surface area contributed by atoms with Gasteiger partial charge in [0.2, 0.25) is 0 Å². The number of tetrazole rings is 1. The summed E-state index contributed by atoms with van der Waals surface area (Å²) in [6.45, 7) is 8.09.